The van der Waals surface area contributed by atoms with Crippen molar-refractivity contribution >= 4 is 75.3 Å². The molecular weight excluding hydrogens is 652 g/mol. The van der Waals surface area contributed by atoms with E-state index in [9.17, 15) is 9.90 Å². The van der Waals surface area contributed by atoms with Gasteiger partial charge in [0.05, 0.1) is 5.56 Å². The molecule has 168 valence electrons. The van der Waals surface area contributed by atoms with Crippen molar-refractivity contribution in [3.05, 3.63) is 71.0 Å². The van der Waals surface area contributed by atoms with Gasteiger partial charge in [0, 0.05) is 23.5 Å². The molecule has 1 aliphatic carbocycles. The first kappa shape index (κ1) is 26.8. The van der Waals surface area contributed by atoms with Crippen LogP contribution in [0.15, 0.2) is 59.9 Å². The molecule has 0 unspecified atom stereocenters. The summed E-state index contributed by atoms with van der Waals surface area (Å²) < 4.78 is 2.24. The van der Waals surface area contributed by atoms with Crippen molar-refractivity contribution in [2.24, 2.45) is 10.8 Å². The van der Waals surface area contributed by atoms with Gasteiger partial charge < -0.3 is 5.11 Å². The molecule has 1 aromatic rings. The zero-order chi connectivity index (χ0) is 23.9. The van der Waals surface area contributed by atoms with Crippen molar-refractivity contribution in [1.82, 2.24) is 0 Å². The van der Waals surface area contributed by atoms with Crippen molar-refractivity contribution in [2.75, 3.05) is 0 Å². The minimum Gasteiger partial charge on any atom is -0.478 e. The standard InChI is InChI=1S/C25H28Br4O2/c1-13-12-14(2)25(6,7)11-10-24(4,5)9-8-16(13)15(3)17-19(26)21(28)18(23(30)31)22(29)20(17)27/h8,12H,2-3,9-11H2,1,4-7H3,(H,30,31)/b13-12-,16-8+. The van der Waals surface area contributed by atoms with Crippen LogP contribution < -0.4 is 0 Å². The first-order chi connectivity index (χ1) is 14.1. The number of hydrogen-bond acceptors (Lipinski definition) is 1. The quantitative estimate of drug-likeness (QED) is 0.323. The summed E-state index contributed by atoms with van der Waals surface area (Å²) in [5.41, 5.74) is 5.16. The summed E-state index contributed by atoms with van der Waals surface area (Å²) in [4.78, 5) is 11.8. The van der Waals surface area contributed by atoms with Gasteiger partial charge in [-0.2, -0.15) is 0 Å². The number of halogens is 4. The summed E-state index contributed by atoms with van der Waals surface area (Å²) in [7, 11) is 0. The van der Waals surface area contributed by atoms with Crippen LogP contribution >= 0.6 is 63.7 Å². The number of carboxylic acid groups (broad SMARTS) is 1. The summed E-state index contributed by atoms with van der Waals surface area (Å²) in [6.45, 7) is 20.0. The molecule has 2 nitrogen and oxygen atoms in total. The van der Waals surface area contributed by atoms with E-state index in [1.807, 2.05) is 0 Å². The Balaban J connectivity index is 2.73. The molecule has 6 heteroatoms. The number of allylic oxidation sites excluding steroid dienone is 6. The van der Waals surface area contributed by atoms with Crippen molar-refractivity contribution in [2.45, 2.75) is 53.9 Å². The SMILES string of the molecule is C=C(C1=C/CC(C)(C)CCC(C)(C)C(=C)/C=C\1C)c1c(Br)c(Br)c(C(=O)O)c(Br)c1Br. The van der Waals surface area contributed by atoms with Crippen LogP contribution in [0.2, 0.25) is 0 Å². The van der Waals surface area contributed by atoms with Crippen LogP contribution in [-0.4, -0.2) is 11.1 Å². The van der Waals surface area contributed by atoms with Gasteiger partial charge in [0.25, 0.3) is 0 Å². The third kappa shape index (κ3) is 5.74. The molecule has 0 spiro atoms. The van der Waals surface area contributed by atoms with E-state index in [4.69, 9.17) is 0 Å². The Bertz CT molecular complexity index is 997. The zero-order valence-electron chi connectivity index (χ0n) is 18.6. The van der Waals surface area contributed by atoms with Gasteiger partial charge in [-0.3, -0.25) is 0 Å². The number of carbonyl (C=O) groups is 1. The summed E-state index contributed by atoms with van der Waals surface area (Å²) in [6, 6.07) is 0. The zero-order valence-corrected chi connectivity index (χ0v) is 24.9. The number of aromatic carboxylic acids is 1. The molecule has 0 aliphatic heterocycles. The average Bonchev–Trinajstić information content (AvgIpc) is 2.64. The van der Waals surface area contributed by atoms with E-state index >= 15 is 0 Å². The monoisotopic (exact) mass is 676 g/mol. The number of rotatable bonds is 3. The maximum Gasteiger partial charge on any atom is 0.338 e. The van der Waals surface area contributed by atoms with Crippen LogP contribution in [0.4, 0.5) is 0 Å². The van der Waals surface area contributed by atoms with E-state index in [-0.39, 0.29) is 16.4 Å². The largest absolute Gasteiger partial charge is 0.478 e. The lowest BCUT2D eigenvalue weighted by Crippen LogP contribution is -2.20. The van der Waals surface area contributed by atoms with Gasteiger partial charge in [-0.05, 0) is 123 Å². The average molecular weight is 680 g/mol. The highest BCUT2D eigenvalue weighted by Gasteiger charge is 2.29. The lowest BCUT2D eigenvalue weighted by molar-refractivity contribution is 0.0694. The van der Waals surface area contributed by atoms with Gasteiger partial charge >= 0.3 is 5.97 Å². The molecular formula is C25H28Br4O2. The van der Waals surface area contributed by atoms with Crippen LogP contribution in [0.25, 0.3) is 5.57 Å². The van der Waals surface area contributed by atoms with Crippen molar-refractivity contribution < 1.29 is 9.90 Å². The molecule has 0 heterocycles. The Morgan fingerprint density at radius 1 is 0.968 bits per heavy atom. The Labute approximate surface area is 219 Å². The molecule has 1 aromatic carbocycles. The van der Waals surface area contributed by atoms with Gasteiger partial charge in [0.15, 0.2) is 0 Å². The van der Waals surface area contributed by atoms with E-state index in [1.165, 1.54) is 0 Å². The van der Waals surface area contributed by atoms with Crippen molar-refractivity contribution in [3.8, 4) is 0 Å². The fourth-order valence-electron chi connectivity index (χ4n) is 3.57. The predicted molar refractivity (Wildman–Crippen MR) is 146 cm³/mol. The lowest BCUT2D eigenvalue weighted by Gasteiger charge is -2.33. The smallest absolute Gasteiger partial charge is 0.338 e. The third-order valence-corrected chi connectivity index (χ3v) is 10.3. The Morgan fingerprint density at radius 2 is 1.45 bits per heavy atom. The molecule has 0 radical (unpaired) electrons. The number of benzene rings is 1. The Morgan fingerprint density at radius 3 is 1.94 bits per heavy atom. The Kier molecular flexibility index (Phi) is 8.50. The first-order valence-corrected chi connectivity index (χ1v) is 13.1. The molecule has 0 saturated carbocycles. The molecule has 31 heavy (non-hydrogen) atoms. The highest BCUT2D eigenvalue weighted by atomic mass is 79.9. The van der Waals surface area contributed by atoms with Crippen LogP contribution in [0.3, 0.4) is 0 Å². The Hall–Kier alpha value is -0.430. The maximum atomic E-state index is 11.8. The highest BCUT2D eigenvalue weighted by molar-refractivity contribution is 9.14. The second-order valence-corrected chi connectivity index (χ2v) is 12.7. The fourth-order valence-corrected chi connectivity index (χ4v) is 6.50. The molecule has 0 fully saturated rings. The number of carboxylic acids is 1. The van der Waals surface area contributed by atoms with Crippen LogP contribution in [0.1, 0.15) is 69.8 Å². The first-order valence-electron chi connectivity index (χ1n) is 9.98. The summed E-state index contributed by atoms with van der Waals surface area (Å²) in [5.74, 6) is -1.02. The van der Waals surface area contributed by atoms with Crippen LogP contribution in [0, 0.1) is 10.8 Å². The van der Waals surface area contributed by atoms with Crippen molar-refractivity contribution in [1.29, 1.82) is 0 Å². The van der Waals surface area contributed by atoms with Gasteiger partial charge in [-0.15, -0.1) is 0 Å². The number of hydrogen-bond donors (Lipinski definition) is 1. The fraction of sp³-hybridized carbons (Fsp3) is 0.400. The van der Waals surface area contributed by atoms with Gasteiger partial charge in [-0.25, -0.2) is 4.79 Å². The van der Waals surface area contributed by atoms with Gasteiger partial charge in [-0.1, -0.05) is 53.0 Å². The third-order valence-electron chi connectivity index (χ3n) is 6.07. The second kappa shape index (κ2) is 9.82. The highest BCUT2D eigenvalue weighted by Crippen LogP contribution is 2.48. The van der Waals surface area contributed by atoms with E-state index in [0.717, 1.165) is 47.1 Å². The van der Waals surface area contributed by atoms with E-state index in [2.05, 4.69) is 124 Å². The van der Waals surface area contributed by atoms with Gasteiger partial charge in [0.1, 0.15) is 0 Å². The van der Waals surface area contributed by atoms with Crippen LogP contribution in [-0.2, 0) is 0 Å². The summed E-state index contributed by atoms with van der Waals surface area (Å²) in [5, 5.41) is 9.62. The van der Waals surface area contributed by atoms with E-state index in [0.29, 0.717) is 17.9 Å². The topological polar surface area (TPSA) is 37.3 Å². The second-order valence-electron chi connectivity index (χ2n) is 9.51. The normalized spacial score (nSPS) is 22.2. The molecule has 1 N–H and O–H groups in total. The minimum absolute atomic E-state index is 0.0126. The van der Waals surface area contributed by atoms with E-state index < -0.39 is 5.97 Å². The summed E-state index contributed by atoms with van der Waals surface area (Å²) >= 11 is 14.1. The molecule has 0 aromatic heterocycles. The maximum absolute atomic E-state index is 11.8. The van der Waals surface area contributed by atoms with Crippen LogP contribution in [0.5, 0.6) is 0 Å². The molecule has 2 rings (SSSR count). The predicted octanol–water partition coefficient (Wildman–Crippen LogP) is 10.1. The van der Waals surface area contributed by atoms with Crippen molar-refractivity contribution in [3.63, 3.8) is 0 Å². The lowest BCUT2D eigenvalue weighted by atomic mass is 9.72. The van der Waals surface area contributed by atoms with E-state index in [1.54, 1.807) is 0 Å². The molecule has 0 atom stereocenters. The molecule has 0 saturated heterocycles. The molecule has 0 amide bonds. The minimum atomic E-state index is -1.02. The summed E-state index contributed by atoms with van der Waals surface area (Å²) in [6.07, 6.45) is 7.51. The molecule has 0 bridgehead atoms. The van der Waals surface area contributed by atoms with Gasteiger partial charge in [0.2, 0.25) is 0 Å². The molecule has 1 aliphatic rings.